The molecule has 0 aliphatic carbocycles. The van der Waals surface area contributed by atoms with E-state index in [0.29, 0.717) is 11.5 Å². The van der Waals surface area contributed by atoms with Crippen LogP contribution in [0.5, 0.6) is 0 Å². The topological polar surface area (TPSA) is 34.1 Å². The molecule has 1 rings (SSSR count). The number of carbonyl (C=O) groups is 2. The zero-order valence-electron chi connectivity index (χ0n) is 10.3. The Kier molecular flexibility index (Phi) is 5.34. The van der Waals surface area contributed by atoms with E-state index in [1.165, 1.54) is 5.56 Å². The maximum absolute atomic E-state index is 10.5. The predicted octanol–water partition coefficient (Wildman–Crippen LogP) is 3.53. The Morgan fingerprint density at radius 1 is 1.24 bits per heavy atom. The van der Waals surface area contributed by atoms with Gasteiger partial charge in [-0.1, -0.05) is 37.3 Å². The smallest absolute Gasteiger partial charge is 0.150 e. The quantitative estimate of drug-likeness (QED) is 0.553. The Bertz CT molecular complexity index is 401. The molecule has 0 saturated heterocycles. The van der Waals surface area contributed by atoms with Gasteiger partial charge in [-0.3, -0.25) is 9.59 Å². The first-order chi connectivity index (χ1) is 8.17. The zero-order chi connectivity index (χ0) is 12.7. The molecule has 0 heterocycles. The number of allylic oxidation sites excluding steroid dienone is 2. The van der Waals surface area contributed by atoms with Crippen molar-refractivity contribution in [1.29, 1.82) is 0 Å². The van der Waals surface area contributed by atoms with Crippen LogP contribution in [-0.2, 0) is 4.79 Å². The molecule has 0 radical (unpaired) electrons. The lowest BCUT2D eigenvalue weighted by Crippen LogP contribution is -1.93. The molecular weight excluding hydrogens is 212 g/mol. The van der Waals surface area contributed by atoms with Crippen LogP contribution in [0.25, 0.3) is 0 Å². The monoisotopic (exact) mass is 230 g/mol. The van der Waals surface area contributed by atoms with Crippen LogP contribution in [0.1, 0.15) is 48.5 Å². The second kappa shape index (κ2) is 6.79. The predicted molar refractivity (Wildman–Crippen MR) is 69.3 cm³/mol. The van der Waals surface area contributed by atoms with Crippen molar-refractivity contribution in [2.24, 2.45) is 0 Å². The van der Waals surface area contributed by atoms with Gasteiger partial charge in [0.2, 0.25) is 0 Å². The molecule has 0 aliphatic heterocycles. The van der Waals surface area contributed by atoms with Crippen molar-refractivity contribution in [2.75, 3.05) is 0 Å². The molecule has 0 bridgehead atoms. The first kappa shape index (κ1) is 13.4. The van der Waals surface area contributed by atoms with Crippen LogP contribution in [0.15, 0.2) is 35.9 Å². The maximum Gasteiger partial charge on any atom is 0.150 e. The fourth-order valence-electron chi connectivity index (χ4n) is 1.68. The average Bonchev–Trinajstić information content (AvgIpc) is 2.38. The molecule has 0 aliphatic rings. The summed E-state index contributed by atoms with van der Waals surface area (Å²) < 4.78 is 0. The van der Waals surface area contributed by atoms with E-state index in [-0.39, 0.29) is 0 Å². The van der Waals surface area contributed by atoms with Crippen LogP contribution < -0.4 is 0 Å². The van der Waals surface area contributed by atoms with Crippen molar-refractivity contribution in [3.05, 3.63) is 47.0 Å². The summed E-state index contributed by atoms with van der Waals surface area (Å²) in [5, 5.41) is 0. The fourth-order valence-corrected chi connectivity index (χ4v) is 1.68. The molecule has 1 atom stereocenters. The summed E-state index contributed by atoms with van der Waals surface area (Å²) in [6, 6.07) is 7.66. The summed E-state index contributed by atoms with van der Waals surface area (Å²) in [7, 11) is 0. The van der Waals surface area contributed by atoms with Crippen molar-refractivity contribution in [3.63, 3.8) is 0 Å². The van der Waals surface area contributed by atoms with Crippen molar-refractivity contribution in [1.82, 2.24) is 0 Å². The first-order valence-corrected chi connectivity index (χ1v) is 5.84. The lowest BCUT2D eigenvalue weighted by atomic mass is 9.95. The molecule has 0 aromatic heterocycles. The molecule has 90 valence electrons. The second-order valence-electron chi connectivity index (χ2n) is 4.33. The lowest BCUT2D eigenvalue weighted by molar-refractivity contribution is -0.104. The van der Waals surface area contributed by atoms with Gasteiger partial charge in [0.25, 0.3) is 0 Å². The van der Waals surface area contributed by atoms with Gasteiger partial charge >= 0.3 is 0 Å². The molecule has 0 spiro atoms. The molecule has 17 heavy (non-hydrogen) atoms. The molecular formula is C15H18O2. The van der Waals surface area contributed by atoms with E-state index in [2.05, 4.69) is 6.92 Å². The van der Waals surface area contributed by atoms with E-state index in [1.807, 2.05) is 37.3 Å². The summed E-state index contributed by atoms with van der Waals surface area (Å²) in [5.41, 5.74) is 2.72. The van der Waals surface area contributed by atoms with Gasteiger partial charge in [0.05, 0.1) is 0 Å². The van der Waals surface area contributed by atoms with Gasteiger partial charge in [0.15, 0.2) is 0 Å². The Hall–Kier alpha value is -1.70. The van der Waals surface area contributed by atoms with Gasteiger partial charge < -0.3 is 0 Å². The third-order valence-electron chi connectivity index (χ3n) is 2.89. The molecule has 2 nitrogen and oxygen atoms in total. The number of hydrogen-bond acceptors (Lipinski definition) is 2. The second-order valence-corrected chi connectivity index (χ2v) is 4.33. The number of hydrogen-bond donors (Lipinski definition) is 0. The zero-order valence-corrected chi connectivity index (χ0v) is 10.3. The third kappa shape index (κ3) is 4.35. The maximum atomic E-state index is 10.5. The highest BCUT2D eigenvalue weighted by atomic mass is 16.1. The van der Waals surface area contributed by atoms with Gasteiger partial charge in [-0.25, -0.2) is 0 Å². The minimum Gasteiger partial charge on any atom is -0.298 e. The molecule has 0 fully saturated rings. The van der Waals surface area contributed by atoms with E-state index < -0.39 is 0 Å². The molecule has 0 N–H and O–H groups in total. The SMILES string of the molecule is CC(C=O)=CCC[C@@H](C)c1ccc(C=O)cc1. The van der Waals surface area contributed by atoms with E-state index in [0.717, 1.165) is 31.0 Å². The van der Waals surface area contributed by atoms with Gasteiger partial charge in [-0.2, -0.15) is 0 Å². The third-order valence-corrected chi connectivity index (χ3v) is 2.89. The highest BCUT2D eigenvalue weighted by Crippen LogP contribution is 2.21. The Labute approximate surface area is 102 Å². The molecule has 0 saturated carbocycles. The van der Waals surface area contributed by atoms with Gasteiger partial charge in [0, 0.05) is 5.56 Å². The molecule has 0 amide bonds. The van der Waals surface area contributed by atoms with Crippen molar-refractivity contribution < 1.29 is 9.59 Å². The normalized spacial score (nSPS) is 13.2. The van der Waals surface area contributed by atoms with E-state index >= 15 is 0 Å². The van der Waals surface area contributed by atoms with Crippen LogP contribution in [0.3, 0.4) is 0 Å². The minimum atomic E-state index is 0.436. The summed E-state index contributed by atoms with van der Waals surface area (Å²) in [5.74, 6) is 0.436. The van der Waals surface area contributed by atoms with Gasteiger partial charge in [-0.15, -0.1) is 0 Å². The van der Waals surface area contributed by atoms with Crippen LogP contribution in [-0.4, -0.2) is 12.6 Å². The summed E-state index contributed by atoms with van der Waals surface area (Å²) in [6.45, 7) is 3.97. The van der Waals surface area contributed by atoms with Crippen LogP contribution in [0.2, 0.25) is 0 Å². The van der Waals surface area contributed by atoms with E-state index in [1.54, 1.807) is 0 Å². The summed E-state index contributed by atoms with van der Waals surface area (Å²) >= 11 is 0. The summed E-state index contributed by atoms with van der Waals surface area (Å²) in [6.07, 6.45) is 5.60. The molecule has 2 heteroatoms. The number of benzene rings is 1. The number of rotatable bonds is 6. The fraction of sp³-hybridized carbons (Fsp3) is 0.333. The van der Waals surface area contributed by atoms with Crippen LogP contribution in [0, 0.1) is 0 Å². The molecule has 0 unspecified atom stereocenters. The largest absolute Gasteiger partial charge is 0.298 e. The minimum absolute atomic E-state index is 0.436. The Balaban J connectivity index is 2.54. The Morgan fingerprint density at radius 2 is 1.88 bits per heavy atom. The van der Waals surface area contributed by atoms with E-state index in [9.17, 15) is 9.59 Å². The Morgan fingerprint density at radius 3 is 2.41 bits per heavy atom. The highest BCUT2D eigenvalue weighted by molar-refractivity contribution is 5.74. The van der Waals surface area contributed by atoms with Gasteiger partial charge in [-0.05, 0) is 36.8 Å². The molecule has 1 aromatic carbocycles. The highest BCUT2D eigenvalue weighted by Gasteiger charge is 2.04. The first-order valence-electron chi connectivity index (χ1n) is 5.84. The lowest BCUT2D eigenvalue weighted by Gasteiger charge is -2.10. The van der Waals surface area contributed by atoms with Crippen molar-refractivity contribution in [2.45, 2.75) is 32.6 Å². The van der Waals surface area contributed by atoms with Crippen molar-refractivity contribution >= 4 is 12.6 Å². The number of aldehydes is 2. The van der Waals surface area contributed by atoms with Crippen molar-refractivity contribution in [3.8, 4) is 0 Å². The van der Waals surface area contributed by atoms with Crippen LogP contribution in [0.4, 0.5) is 0 Å². The number of carbonyl (C=O) groups excluding carboxylic acids is 2. The summed E-state index contributed by atoms with van der Waals surface area (Å²) in [4.78, 5) is 20.9. The standard InChI is InChI=1S/C15H18O2/c1-12(10-16)4-3-5-13(2)15-8-6-14(11-17)7-9-15/h4,6-11,13H,3,5H2,1-2H3/t13-/m1/s1. The van der Waals surface area contributed by atoms with Gasteiger partial charge in [0.1, 0.15) is 12.6 Å². The molecule has 1 aromatic rings. The average molecular weight is 230 g/mol. The van der Waals surface area contributed by atoms with Crippen LogP contribution >= 0.6 is 0 Å². The van der Waals surface area contributed by atoms with E-state index in [4.69, 9.17) is 0 Å².